The van der Waals surface area contributed by atoms with Gasteiger partial charge in [-0.15, -0.1) is 5.10 Å². The number of rotatable bonds is 7. The number of carbonyl (C=O) groups excluding carboxylic acids is 2. The first-order chi connectivity index (χ1) is 15.1. The number of amides is 2. The number of primary amides is 1. The highest BCUT2D eigenvalue weighted by molar-refractivity contribution is 6.04. The van der Waals surface area contributed by atoms with Crippen LogP contribution < -0.4 is 20.5 Å². The van der Waals surface area contributed by atoms with Crippen LogP contribution in [0.25, 0.3) is 5.69 Å². The molecule has 0 unspecified atom stereocenters. The number of hydrogen-bond acceptors (Lipinski definition) is 6. The molecule has 0 radical (unpaired) electrons. The fraction of sp³-hybridized carbons (Fsp3) is 0.158. The van der Waals surface area contributed by atoms with Crippen molar-refractivity contribution in [2.24, 2.45) is 5.73 Å². The third-order valence-corrected chi connectivity index (χ3v) is 4.02. The number of anilines is 1. The molecule has 3 rings (SSSR count). The van der Waals surface area contributed by atoms with E-state index in [4.69, 9.17) is 15.2 Å². The van der Waals surface area contributed by atoms with Gasteiger partial charge in [-0.2, -0.15) is 13.2 Å². The van der Waals surface area contributed by atoms with Gasteiger partial charge in [-0.3, -0.25) is 9.59 Å². The van der Waals surface area contributed by atoms with Crippen molar-refractivity contribution in [1.29, 1.82) is 0 Å². The molecule has 0 fully saturated rings. The molecule has 0 saturated carbocycles. The van der Waals surface area contributed by atoms with Crippen molar-refractivity contribution in [3.8, 4) is 17.2 Å². The van der Waals surface area contributed by atoms with E-state index in [0.29, 0.717) is 4.68 Å². The number of methoxy groups -OCH3 is 1. The average molecular weight is 453 g/mol. The number of benzene rings is 2. The van der Waals surface area contributed by atoms with Gasteiger partial charge in [0.2, 0.25) is 0 Å². The van der Waals surface area contributed by atoms with Crippen molar-refractivity contribution >= 4 is 17.5 Å². The van der Waals surface area contributed by atoms with E-state index >= 15 is 0 Å². The van der Waals surface area contributed by atoms with Gasteiger partial charge in [-0.1, -0.05) is 5.21 Å². The van der Waals surface area contributed by atoms with Gasteiger partial charge in [-0.25, -0.2) is 9.07 Å². The van der Waals surface area contributed by atoms with Gasteiger partial charge in [0, 0.05) is 11.8 Å². The maximum absolute atomic E-state index is 13.7. The second-order valence-electron chi connectivity index (χ2n) is 6.25. The van der Waals surface area contributed by atoms with Crippen LogP contribution in [0.2, 0.25) is 0 Å². The van der Waals surface area contributed by atoms with Crippen LogP contribution in [0.5, 0.6) is 11.5 Å². The summed E-state index contributed by atoms with van der Waals surface area (Å²) in [6.07, 6.45) is -5.00. The number of aromatic nitrogens is 3. The molecular weight excluding hydrogens is 438 g/mol. The highest BCUT2D eigenvalue weighted by atomic mass is 19.4. The highest BCUT2D eigenvalue weighted by Gasteiger charge is 2.42. The minimum Gasteiger partial charge on any atom is -0.493 e. The van der Waals surface area contributed by atoms with E-state index in [9.17, 15) is 27.2 Å². The minimum absolute atomic E-state index is 0.0233. The molecule has 0 atom stereocenters. The van der Waals surface area contributed by atoms with E-state index in [1.54, 1.807) is 0 Å². The summed E-state index contributed by atoms with van der Waals surface area (Å²) in [5, 5.41) is 9.03. The smallest absolute Gasteiger partial charge is 0.435 e. The Bertz CT molecular complexity index is 1150. The Morgan fingerprint density at radius 2 is 1.81 bits per heavy atom. The predicted octanol–water partition coefficient (Wildman–Crippen LogP) is 2.55. The first-order valence-corrected chi connectivity index (χ1v) is 8.79. The highest BCUT2D eigenvalue weighted by Crippen LogP contribution is 2.34. The third-order valence-electron chi connectivity index (χ3n) is 4.02. The van der Waals surface area contributed by atoms with Crippen LogP contribution in [0.1, 0.15) is 16.2 Å². The Morgan fingerprint density at radius 1 is 1.12 bits per heavy atom. The summed E-state index contributed by atoms with van der Waals surface area (Å²) in [5.74, 6) is -2.42. The normalized spacial score (nSPS) is 11.2. The number of nitrogens with zero attached hydrogens (tertiary/aromatic N) is 3. The lowest BCUT2D eigenvalue weighted by Crippen LogP contribution is -2.21. The van der Waals surface area contributed by atoms with Crippen LogP contribution in [-0.2, 0) is 11.0 Å². The zero-order valence-electron chi connectivity index (χ0n) is 16.3. The lowest BCUT2D eigenvalue weighted by molar-refractivity contribution is -0.143. The van der Waals surface area contributed by atoms with Crippen molar-refractivity contribution in [2.45, 2.75) is 6.18 Å². The molecule has 1 aromatic heterocycles. The van der Waals surface area contributed by atoms with Crippen molar-refractivity contribution in [1.82, 2.24) is 15.0 Å². The summed E-state index contributed by atoms with van der Waals surface area (Å²) in [7, 11) is 1.33. The first kappa shape index (κ1) is 22.5. The van der Waals surface area contributed by atoms with Gasteiger partial charge < -0.3 is 20.5 Å². The molecule has 0 aliphatic carbocycles. The number of hydrogen-bond donors (Lipinski definition) is 2. The van der Waals surface area contributed by atoms with Crippen molar-refractivity contribution in [3.63, 3.8) is 0 Å². The van der Waals surface area contributed by atoms with Crippen LogP contribution in [0.3, 0.4) is 0 Å². The summed E-state index contributed by atoms with van der Waals surface area (Å²) >= 11 is 0. The molecule has 9 nitrogen and oxygen atoms in total. The fourth-order valence-electron chi connectivity index (χ4n) is 2.66. The molecule has 168 valence electrons. The third kappa shape index (κ3) is 4.94. The SMILES string of the molecule is COc1ccc(NC(=O)c2nnn(-c3ccc(F)cc3)c2C(F)(F)F)cc1OCC(N)=O. The zero-order chi connectivity index (χ0) is 23.5. The number of ether oxygens (including phenoxy) is 2. The second kappa shape index (κ2) is 8.91. The van der Waals surface area contributed by atoms with Crippen molar-refractivity contribution in [2.75, 3.05) is 19.0 Å². The fourth-order valence-corrected chi connectivity index (χ4v) is 2.66. The predicted molar refractivity (Wildman–Crippen MR) is 102 cm³/mol. The topological polar surface area (TPSA) is 121 Å². The summed E-state index contributed by atoms with van der Waals surface area (Å²) in [6, 6.07) is 7.96. The molecule has 3 aromatic rings. The van der Waals surface area contributed by atoms with E-state index < -0.39 is 41.8 Å². The van der Waals surface area contributed by atoms with Crippen LogP contribution in [0, 0.1) is 5.82 Å². The summed E-state index contributed by atoms with van der Waals surface area (Å²) in [5.41, 5.74) is 2.46. The van der Waals surface area contributed by atoms with Crippen LogP contribution in [0.15, 0.2) is 42.5 Å². The average Bonchev–Trinajstić information content (AvgIpc) is 3.19. The number of nitrogens with two attached hydrogens (primary N) is 1. The largest absolute Gasteiger partial charge is 0.493 e. The molecule has 0 bridgehead atoms. The number of halogens is 4. The van der Waals surface area contributed by atoms with Gasteiger partial charge >= 0.3 is 6.18 Å². The first-order valence-electron chi connectivity index (χ1n) is 8.79. The second-order valence-corrected chi connectivity index (χ2v) is 6.25. The van der Waals surface area contributed by atoms with Crippen LogP contribution in [-0.4, -0.2) is 40.5 Å². The number of carbonyl (C=O) groups is 2. The van der Waals surface area contributed by atoms with E-state index in [1.807, 2.05) is 0 Å². The maximum atomic E-state index is 13.7. The van der Waals surface area contributed by atoms with Gasteiger partial charge in [0.25, 0.3) is 11.8 Å². The van der Waals surface area contributed by atoms with Gasteiger partial charge in [0.1, 0.15) is 5.82 Å². The Balaban J connectivity index is 1.94. The quantitative estimate of drug-likeness (QED) is 0.531. The Morgan fingerprint density at radius 3 is 2.41 bits per heavy atom. The number of alkyl halides is 3. The number of nitrogens with one attached hydrogen (secondary N) is 1. The van der Waals surface area contributed by atoms with E-state index in [-0.39, 0.29) is 22.9 Å². The Labute approximate surface area is 177 Å². The van der Waals surface area contributed by atoms with Crippen molar-refractivity contribution in [3.05, 3.63) is 59.7 Å². The zero-order valence-corrected chi connectivity index (χ0v) is 16.3. The van der Waals surface area contributed by atoms with Crippen molar-refractivity contribution < 1.29 is 36.6 Å². The maximum Gasteiger partial charge on any atom is 0.435 e. The van der Waals surface area contributed by atoms with Gasteiger partial charge in [0.15, 0.2) is 29.5 Å². The molecule has 0 aliphatic rings. The summed E-state index contributed by atoms with van der Waals surface area (Å²) < 4.78 is 64.9. The van der Waals surface area contributed by atoms with Crippen LogP contribution >= 0.6 is 0 Å². The molecule has 0 aliphatic heterocycles. The molecule has 2 aromatic carbocycles. The van der Waals surface area contributed by atoms with Gasteiger partial charge in [-0.05, 0) is 36.4 Å². The molecule has 1 heterocycles. The molecule has 3 N–H and O–H groups in total. The van der Waals surface area contributed by atoms with E-state index in [0.717, 1.165) is 24.3 Å². The molecule has 13 heteroatoms. The molecule has 2 amide bonds. The van der Waals surface area contributed by atoms with Gasteiger partial charge in [0.05, 0.1) is 12.8 Å². The van der Waals surface area contributed by atoms with Crippen LogP contribution in [0.4, 0.5) is 23.2 Å². The van der Waals surface area contributed by atoms with E-state index in [2.05, 4.69) is 15.6 Å². The molecular formula is C19H15F4N5O4. The molecule has 0 saturated heterocycles. The summed E-state index contributed by atoms with van der Waals surface area (Å²) in [6.45, 7) is -0.488. The molecule has 32 heavy (non-hydrogen) atoms. The molecule has 0 spiro atoms. The Hall–Kier alpha value is -4.16. The lowest BCUT2D eigenvalue weighted by Gasteiger charge is -2.13. The Kier molecular flexibility index (Phi) is 6.27. The van der Waals surface area contributed by atoms with E-state index in [1.165, 1.54) is 25.3 Å². The summed E-state index contributed by atoms with van der Waals surface area (Å²) in [4.78, 5) is 23.5. The standard InChI is InChI=1S/C19H15F4N5O4/c1-31-13-7-4-11(8-14(13)32-9-15(24)29)25-18(30)16-17(19(21,22)23)28(27-26-16)12-5-2-10(20)3-6-12/h2-8H,9H2,1H3,(H2,24,29)(H,25,30). The monoisotopic (exact) mass is 453 g/mol. The lowest BCUT2D eigenvalue weighted by atomic mass is 10.2. The minimum atomic E-state index is -5.00.